The van der Waals surface area contributed by atoms with E-state index in [1.54, 1.807) is 25.3 Å². The van der Waals surface area contributed by atoms with E-state index in [-0.39, 0.29) is 18.1 Å². The molecule has 3 rings (SSSR count). The highest BCUT2D eigenvalue weighted by Crippen LogP contribution is 2.30. The summed E-state index contributed by atoms with van der Waals surface area (Å²) < 4.78 is 16.4. The van der Waals surface area contributed by atoms with Gasteiger partial charge in [0.2, 0.25) is 5.91 Å². The van der Waals surface area contributed by atoms with Crippen molar-refractivity contribution in [1.82, 2.24) is 5.32 Å². The van der Waals surface area contributed by atoms with E-state index >= 15 is 0 Å². The number of Topliss-reactive ketones (excluding diaryl/α,β-unsaturated/α-hetero) is 1. The number of nitrogens with one attached hydrogen (secondary N) is 1. The van der Waals surface area contributed by atoms with Gasteiger partial charge >= 0.3 is 0 Å². The van der Waals surface area contributed by atoms with E-state index in [2.05, 4.69) is 5.32 Å². The van der Waals surface area contributed by atoms with Crippen molar-refractivity contribution in [1.29, 1.82) is 0 Å². The number of fused-ring (bicyclic) bond motifs is 1. The molecule has 0 unspecified atom stereocenters. The Morgan fingerprint density at radius 1 is 1.07 bits per heavy atom. The Morgan fingerprint density at radius 3 is 2.59 bits per heavy atom. The van der Waals surface area contributed by atoms with Crippen molar-refractivity contribution in [2.45, 2.75) is 19.8 Å². The van der Waals surface area contributed by atoms with Gasteiger partial charge in [-0.05, 0) is 49.2 Å². The lowest BCUT2D eigenvalue weighted by Crippen LogP contribution is -2.27. The molecule has 0 bridgehead atoms. The summed E-state index contributed by atoms with van der Waals surface area (Å²) in [5, 5.41) is 2.91. The Labute approximate surface area is 158 Å². The fourth-order valence-electron chi connectivity index (χ4n) is 2.96. The summed E-state index contributed by atoms with van der Waals surface area (Å²) in [4.78, 5) is 23.8. The first-order chi connectivity index (χ1) is 13.1. The van der Waals surface area contributed by atoms with E-state index in [1.807, 2.05) is 18.2 Å². The van der Waals surface area contributed by atoms with Gasteiger partial charge in [-0.3, -0.25) is 9.59 Å². The molecule has 2 aromatic rings. The number of rotatable bonds is 7. The standard InChI is InChI=1S/C21H23NO5/c1-14(23)16-4-6-18(25-2)17(12-16)13-21(24)22-8-7-15-3-5-19-20(11-15)27-10-9-26-19/h3-6,11-12H,7-10,13H2,1-2H3,(H,22,24). The quantitative estimate of drug-likeness (QED) is 0.760. The molecular weight excluding hydrogens is 346 g/mol. The summed E-state index contributed by atoms with van der Waals surface area (Å²) in [7, 11) is 1.55. The molecule has 1 amide bonds. The van der Waals surface area contributed by atoms with E-state index in [0.29, 0.717) is 43.1 Å². The van der Waals surface area contributed by atoms with Gasteiger partial charge in [0.1, 0.15) is 19.0 Å². The van der Waals surface area contributed by atoms with E-state index in [9.17, 15) is 9.59 Å². The highest BCUT2D eigenvalue weighted by Gasteiger charge is 2.13. The third kappa shape index (κ3) is 4.78. The molecule has 0 aromatic heterocycles. The number of benzene rings is 2. The minimum Gasteiger partial charge on any atom is -0.496 e. The lowest BCUT2D eigenvalue weighted by molar-refractivity contribution is -0.120. The Balaban J connectivity index is 1.55. The molecule has 0 spiro atoms. The molecule has 0 saturated heterocycles. The number of amides is 1. The lowest BCUT2D eigenvalue weighted by atomic mass is 10.0. The maximum Gasteiger partial charge on any atom is 0.224 e. The van der Waals surface area contributed by atoms with Crippen molar-refractivity contribution in [3.63, 3.8) is 0 Å². The molecule has 6 nitrogen and oxygen atoms in total. The van der Waals surface area contributed by atoms with Crippen LogP contribution in [0.4, 0.5) is 0 Å². The zero-order valence-corrected chi connectivity index (χ0v) is 15.5. The first-order valence-electron chi connectivity index (χ1n) is 8.90. The minimum absolute atomic E-state index is 0.0436. The molecule has 1 aliphatic rings. The Hall–Kier alpha value is -3.02. The zero-order valence-electron chi connectivity index (χ0n) is 15.5. The molecule has 27 heavy (non-hydrogen) atoms. The Morgan fingerprint density at radius 2 is 1.85 bits per heavy atom. The second kappa shape index (κ2) is 8.58. The van der Waals surface area contributed by atoms with Crippen LogP contribution >= 0.6 is 0 Å². The van der Waals surface area contributed by atoms with Gasteiger partial charge in [0, 0.05) is 17.7 Å². The first kappa shape index (κ1) is 18.8. The maximum absolute atomic E-state index is 12.3. The molecule has 0 saturated carbocycles. The van der Waals surface area contributed by atoms with Gasteiger partial charge in [-0.1, -0.05) is 6.07 Å². The van der Waals surface area contributed by atoms with Crippen LogP contribution in [0.15, 0.2) is 36.4 Å². The molecule has 0 fully saturated rings. The largest absolute Gasteiger partial charge is 0.496 e. The fourth-order valence-corrected chi connectivity index (χ4v) is 2.96. The molecule has 142 valence electrons. The van der Waals surface area contributed by atoms with Crippen LogP contribution in [0.2, 0.25) is 0 Å². The van der Waals surface area contributed by atoms with Crippen molar-refractivity contribution in [3.8, 4) is 17.2 Å². The van der Waals surface area contributed by atoms with Crippen LogP contribution in [0.3, 0.4) is 0 Å². The summed E-state index contributed by atoms with van der Waals surface area (Å²) in [5.41, 5.74) is 2.33. The van der Waals surface area contributed by atoms with Crippen molar-refractivity contribution in [3.05, 3.63) is 53.1 Å². The number of ether oxygens (including phenoxy) is 3. The smallest absolute Gasteiger partial charge is 0.224 e. The van der Waals surface area contributed by atoms with E-state index < -0.39 is 0 Å². The number of methoxy groups -OCH3 is 1. The van der Waals surface area contributed by atoms with Crippen molar-refractivity contribution >= 4 is 11.7 Å². The SMILES string of the molecule is COc1ccc(C(C)=O)cc1CC(=O)NCCc1ccc2c(c1)OCCO2. The third-order valence-corrected chi connectivity index (χ3v) is 4.38. The average Bonchev–Trinajstić information content (AvgIpc) is 2.67. The molecule has 0 aliphatic carbocycles. The van der Waals surface area contributed by atoms with Gasteiger partial charge in [-0.25, -0.2) is 0 Å². The maximum atomic E-state index is 12.3. The van der Waals surface area contributed by atoms with Gasteiger partial charge in [0.15, 0.2) is 17.3 Å². The number of hydrogen-bond donors (Lipinski definition) is 1. The third-order valence-electron chi connectivity index (χ3n) is 4.38. The van der Waals surface area contributed by atoms with Gasteiger partial charge in [-0.15, -0.1) is 0 Å². The average molecular weight is 369 g/mol. The minimum atomic E-state index is -0.119. The van der Waals surface area contributed by atoms with Crippen LogP contribution in [0.25, 0.3) is 0 Å². The second-order valence-electron chi connectivity index (χ2n) is 6.34. The van der Waals surface area contributed by atoms with Crippen LogP contribution in [-0.4, -0.2) is 38.6 Å². The van der Waals surface area contributed by atoms with Crippen LogP contribution < -0.4 is 19.5 Å². The first-order valence-corrected chi connectivity index (χ1v) is 8.90. The monoisotopic (exact) mass is 369 g/mol. The molecule has 0 radical (unpaired) electrons. The zero-order chi connectivity index (χ0) is 19.2. The Kier molecular flexibility index (Phi) is 5.96. The molecular formula is C21H23NO5. The molecule has 1 aliphatic heterocycles. The van der Waals surface area contributed by atoms with Gasteiger partial charge in [0.25, 0.3) is 0 Å². The highest BCUT2D eigenvalue weighted by atomic mass is 16.6. The molecule has 6 heteroatoms. The van der Waals surface area contributed by atoms with Crippen molar-refractivity contribution in [2.24, 2.45) is 0 Å². The number of carbonyl (C=O) groups is 2. The predicted molar refractivity (Wildman–Crippen MR) is 101 cm³/mol. The van der Waals surface area contributed by atoms with E-state index in [1.165, 1.54) is 6.92 Å². The fraction of sp³-hybridized carbons (Fsp3) is 0.333. The molecule has 1 heterocycles. The number of hydrogen-bond acceptors (Lipinski definition) is 5. The van der Waals surface area contributed by atoms with E-state index in [0.717, 1.165) is 17.1 Å². The normalized spacial score (nSPS) is 12.4. The van der Waals surface area contributed by atoms with Gasteiger partial charge < -0.3 is 19.5 Å². The summed E-state index contributed by atoms with van der Waals surface area (Å²) in [6.07, 6.45) is 0.846. The lowest BCUT2D eigenvalue weighted by Gasteiger charge is -2.18. The summed E-state index contributed by atoms with van der Waals surface area (Å²) in [6, 6.07) is 10.9. The summed E-state index contributed by atoms with van der Waals surface area (Å²) >= 11 is 0. The van der Waals surface area contributed by atoms with Gasteiger partial charge in [0.05, 0.1) is 13.5 Å². The molecule has 1 N–H and O–H groups in total. The number of ketones is 1. The molecule has 0 atom stereocenters. The topological polar surface area (TPSA) is 73.9 Å². The van der Waals surface area contributed by atoms with Crippen LogP contribution in [0.1, 0.15) is 28.4 Å². The number of carbonyl (C=O) groups excluding carboxylic acids is 2. The summed E-state index contributed by atoms with van der Waals surface area (Å²) in [6.45, 7) is 3.12. The predicted octanol–water partition coefficient (Wildman–Crippen LogP) is 2.57. The second-order valence-corrected chi connectivity index (χ2v) is 6.34. The Bertz CT molecular complexity index is 846. The molecule has 2 aromatic carbocycles. The van der Waals surface area contributed by atoms with Gasteiger partial charge in [-0.2, -0.15) is 0 Å². The van der Waals surface area contributed by atoms with Crippen LogP contribution in [-0.2, 0) is 17.6 Å². The summed E-state index contributed by atoms with van der Waals surface area (Å²) in [5.74, 6) is 1.94. The van der Waals surface area contributed by atoms with Crippen LogP contribution in [0.5, 0.6) is 17.2 Å². The highest BCUT2D eigenvalue weighted by molar-refractivity contribution is 5.94. The van der Waals surface area contributed by atoms with E-state index in [4.69, 9.17) is 14.2 Å². The van der Waals surface area contributed by atoms with Crippen LogP contribution in [0, 0.1) is 0 Å². The van der Waals surface area contributed by atoms with Crippen molar-refractivity contribution in [2.75, 3.05) is 26.9 Å². The van der Waals surface area contributed by atoms with Crippen molar-refractivity contribution < 1.29 is 23.8 Å².